The molecule has 32 heavy (non-hydrogen) atoms. The SMILES string of the molecule is CC(C)Oc1ccc(N2C(=O)C(=O)/C(=C(\O)c3ccc(Cl)c(Cl)c3)C2c2ccco2)cc1. The van der Waals surface area contributed by atoms with Gasteiger partial charge in [-0.05, 0) is 68.4 Å². The van der Waals surface area contributed by atoms with Crippen molar-refractivity contribution in [1.82, 2.24) is 0 Å². The lowest BCUT2D eigenvalue weighted by molar-refractivity contribution is -0.132. The maximum Gasteiger partial charge on any atom is 0.300 e. The summed E-state index contributed by atoms with van der Waals surface area (Å²) in [6, 6.07) is 13.6. The average molecular weight is 472 g/mol. The molecule has 0 spiro atoms. The summed E-state index contributed by atoms with van der Waals surface area (Å²) < 4.78 is 11.2. The highest BCUT2D eigenvalue weighted by Crippen LogP contribution is 2.43. The average Bonchev–Trinajstić information content (AvgIpc) is 3.37. The molecule has 4 rings (SSSR count). The number of amides is 1. The third-order valence-electron chi connectivity index (χ3n) is 4.94. The van der Waals surface area contributed by atoms with Crippen LogP contribution in [0.2, 0.25) is 10.0 Å². The quantitative estimate of drug-likeness (QED) is 0.280. The molecule has 1 aliphatic heterocycles. The number of Topliss-reactive ketones (excluding diaryl/α,β-unsaturated/α-hetero) is 1. The molecule has 8 heteroatoms. The second kappa shape index (κ2) is 8.73. The molecule has 2 heterocycles. The van der Waals surface area contributed by atoms with Crippen LogP contribution in [0.5, 0.6) is 5.75 Å². The van der Waals surface area contributed by atoms with E-state index in [-0.39, 0.29) is 28.0 Å². The summed E-state index contributed by atoms with van der Waals surface area (Å²) in [5, 5.41) is 11.5. The Morgan fingerprint density at radius 1 is 1.06 bits per heavy atom. The van der Waals surface area contributed by atoms with E-state index < -0.39 is 17.7 Å². The molecule has 0 aliphatic carbocycles. The lowest BCUT2D eigenvalue weighted by Gasteiger charge is -2.23. The number of carbonyl (C=O) groups excluding carboxylic acids is 2. The Morgan fingerprint density at radius 2 is 1.78 bits per heavy atom. The molecule has 1 aliphatic rings. The molecule has 1 aromatic heterocycles. The van der Waals surface area contributed by atoms with Crippen LogP contribution in [0.1, 0.15) is 31.2 Å². The van der Waals surface area contributed by atoms with Gasteiger partial charge in [0.05, 0.1) is 28.0 Å². The van der Waals surface area contributed by atoms with E-state index in [0.29, 0.717) is 22.2 Å². The molecular formula is C24H19Cl2NO5. The van der Waals surface area contributed by atoms with E-state index >= 15 is 0 Å². The molecule has 1 atom stereocenters. The Bertz CT molecular complexity index is 1200. The predicted molar refractivity (Wildman–Crippen MR) is 122 cm³/mol. The number of rotatable bonds is 5. The van der Waals surface area contributed by atoms with Crippen LogP contribution in [0.15, 0.2) is 70.9 Å². The summed E-state index contributed by atoms with van der Waals surface area (Å²) in [6.07, 6.45) is 1.43. The van der Waals surface area contributed by atoms with Gasteiger partial charge < -0.3 is 14.3 Å². The molecule has 1 fully saturated rings. The Morgan fingerprint density at radius 3 is 2.38 bits per heavy atom. The van der Waals surface area contributed by atoms with Crippen molar-refractivity contribution in [2.45, 2.75) is 26.0 Å². The van der Waals surface area contributed by atoms with Crippen LogP contribution in [0, 0.1) is 0 Å². The second-order valence-corrected chi connectivity index (χ2v) is 8.29. The van der Waals surface area contributed by atoms with Gasteiger partial charge in [-0.25, -0.2) is 0 Å². The van der Waals surface area contributed by atoms with Crippen molar-refractivity contribution >= 4 is 46.3 Å². The van der Waals surface area contributed by atoms with Gasteiger partial charge >= 0.3 is 0 Å². The highest BCUT2D eigenvalue weighted by atomic mass is 35.5. The van der Waals surface area contributed by atoms with Gasteiger partial charge in [0.15, 0.2) is 0 Å². The lowest BCUT2D eigenvalue weighted by Crippen LogP contribution is -2.29. The van der Waals surface area contributed by atoms with E-state index in [2.05, 4.69) is 0 Å². The van der Waals surface area contributed by atoms with Crippen LogP contribution in [-0.4, -0.2) is 22.9 Å². The first kappa shape index (κ1) is 22.0. The fourth-order valence-corrected chi connectivity index (χ4v) is 3.87. The smallest absolute Gasteiger partial charge is 0.300 e. The number of nitrogens with zero attached hydrogens (tertiary/aromatic N) is 1. The number of benzene rings is 2. The first-order chi connectivity index (χ1) is 15.3. The van der Waals surface area contributed by atoms with E-state index in [9.17, 15) is 14.7 Å². The van der Waals surface area contributed by atoms with Crippen LogP contribution >= 0.6 is 23.2 Å². The van der Waals surface area contributed by atoms with Crippen LogP contribution in [0.4, 0.5) is 5.69 Å². The number of hydrogen-bond acceptors (Lipinski definition) is 5. The van der Waals surface area contributed by atoms with Gasteiger partial charge in [0.1, 0.15) is 23.3 Å². The molecule has 164 valence electrons. The molecule has 6 nitrogen and oxygen atoms in total. The van der Waals surface area contributed by atoms with E-state index in [1.165, 1.54) is 29.4 Å². The third kappa shape index (κ3) is 3.99. The first-order valence-electron chi connectivity index (χ1n) is 9.84. The summed E-state index contributed by atoms with van der Waals surface area (Å²) in [7, 11) is 0. The highest BCUT2D eigenvalue weighted by Gasteiger charge is 2.48. The monoisotopic (exact) mass is 471 g/mol. The standard InChI is InChI=1S/C24H19Cl2NO5/c1-13(2)32-16-8-6-15(7-9-16)27-21(19-4-3-11-31-19)20(23(29)24(27)30)22(28)14-5-10-17(25)18(26)12-14/h3-13,21,28H,1-2H3/b22-20-. The number of anilines is 1. The molecule has 0 radical (unpaired) electrons. The van der Waals surface area contributed by atoms with Gasteiger partial charge in [-0.2, -0.15) is 0 Å². The Kier molecular flexibility index (Phi) is 6.00. The van der Waals surface area contributed by atoms with Crippen LogP contribution in [-0.2, 0) is 9.59 Å². The zero-order valence-electron chi connectivity index (χ0n) is 17.2. The number of halogens is 2. The number of hydrogen-bond donors (Lipinski definition) is 1. The second-order valence-electron chi connectivity index (χ2n) is 7.47. The minimum Gasteiger partial charge on any atom is -0.507 e. The summed E-state index contributed by atoms with van der Waals surface area (Å²) in [6.45, 7) is 3.82. The van der Waals surface area contributed by atoms with Gasteiger partial charge in [-0.15, -0.1) is 0 Å². The van der Waals surface area contributed by atoms with Crippen LogP contribution in [0.3, 0.4) is 0 Å². The maximum absolute atomic E-state index is 13.1. The molecule has 1 amide bonds. The van der Waals surface area contributed by atoms with Crippen molar-refractivity contribution in [1.29, 1.82) is 0 Å². The normalized spacial score (nSPS) is 17.9. The van der Waals surface area contributed by atoms with Gasteiger partial charge in [0.25, 0.3) is 11.7 Å². The van der Waals surface area contributed by atoms with Crippen molar-refractivity contribution in [2.24, 2.45) is 0 Å². The minimum atomic E-state index is -0.962. The number of aliphatic hydroxyl groups is 1. The predicted octanol–water partition coefficient (Wildman–Crippen LogP) is 6.00. The van der Waals surface area contributed by atoms with Crippen LogP contribution < -0.4 is 9.64 Å². The molecule has 3 aromatic rings. The van der Waals surface area contributed by atoms with E-state index in [1.54, 1.807) is 36.4 Å². The number of aliphatic hydroxyl groups excluding tert-OH is 1. The van der Waals surface area contributed by atoms with Crippen molar-refractivity contribution in [3.05, 3.63) is 87.8 Å². The Labute approximate surface area is 194 Å². The Hall–Kier alpha value is -3.22. The van der Waals surface area contributed by atoms with Gasteiger partial charge in [-0.1, -0.05) is 23.2 Å². The number of furan rings is 1. The van der Waals surface area contributed by atoms with Gasteiger partial charge in [0, 0.05) is 11.3 Å². The van der Waals surface area contributed by atoms with Crippen molar-refractivity contribution in [3.63, 3.8) is 0 Å². The zero-order chi connectivity index (χ0) is 23.0. The molecule has 1 N–H and O–H groups in total. The summed E-state index contributed by atoms with van der Waals surface area (Å²) >= 11 is 12.1. The first-order valence-corrected chi connectivity index (χ1v) is 10.6. The maximum atomic E-state index is 13.1. The van der Waals surface area contributed by atoms with Gasteiger partial charge in [0.2, 0.25) is 0 Å². The van der Waals surface area contributed by atoms with E-state index in [1.807, 2.05) is 13.8 Å². The third-order valence-corrected chi connectivity index (χ3v) is 5.68. The largest absolute Gasteiger partial charge is 0.507 e. The van der Waals surface area contributed by atoms with Crippen molar-refractivity contribution < 1.29 is 23.8 Å². The summed E-state index contributed by atoms with van der Waals surface area (Å²) in [5.74, 6) is -1.03. The Balaban J connectivity index is 1.84. The van der Waals surface area contributed by atoms with E-state index in [0.717, 1.165) is 0 Å². The molecule has 0 bridgehead atoms. The number of ketones is 1. The van der Waals surface area contributed by atoms with Crippen LogP contribution in [0.25, 0.3) is 5.76 Å². The number of ether oxygens (including phenoxy) is 1. The fraction of sp³-hybridized carbons (Fsp3) is 0.167. The molecule has 0 saturated carbocycles. The summed E-state index contributed by atoms with van der Waals surface area (Å²) in [4.78, 5) is 27.4. The van der Waals surface area contributed by atoms with Crippen molar-refractivity contribution in [3.8, 4) is 5.75 Å². The van der Waals surface area contributed by atoms with E-state index in [4.69, 9.17) is 32.4 Å². The minimum absolute atomic E-state index is 0.00982. The number of carbonyl (C=O) groups is 2. The van der Waals surface area contributed by atoms with Crippen molar-refractivity contribution in [2.75, 3.05) is 4.90 Å². The topological polar surface area (TPSA) is 80.0 Å². The highest BCUT2D eigenvalue weighted by molar-refractivity contribution is 6.51. The molecule has 1 unspecified atom stereocenters. The molecular weight excluding hydrogens is 453 g/mol. The fourth-order valence-electron chi connectivity index (χ4n) is 3.57. The molecule has 1 saturated heterocycles. The lowest BCUT2D eigenvalue weighted by atomic mass is 9.99. The van der Waals surface area contributed by atoms with Gasteiger partial charge in [-0.3, -0.25) is 14.5 Å². The summed E-state index contributed by atoms with van der Waals surface area (Å²) in [5.41, 5.74) is 0.610. The zero-order valence-corrected chi connectivity index (χ0v) is 18.7. The molecule has 2 aromatic carbocycles.